The second kappa shape index (κ2) is 8.30. The molecule has 0 aromatic heterocycles. The number of aliphatic hydroxyl groups excluding tert-OH is 1. The van der Waals surface area contributed by atoms with Crippen LogP contribution in [-0.4, -0.2) is 30.5 Å². The maximum atomic E-state index is 12.3. The van der Waals surface area contributed by atoms with Crippen molar-refractivity contribution < 1.29 is 14.6 Å². The van der Waals surface area contributed by atoms with Gasteiger partial charge in [-0.1, -0.05) is 45.9 Å². The second-order valence-corrected chi connectivity index (χ2v) is 6.42. The van der Waals surface area contributed by atoms with Gasteiger partial charge in [-0.2, -0.15) is 0 Å². The number of hydrogen-bond acceptors (Lipinski definition) is 3. The molecule has 0 aliphatic rings. The van der Waals surface area contributed by atoms with Crippen LogP contribution in [0, 0.1) is 0 Å². The van der Waals surface area contributed by atoms with Gasteiger partial charge in [0, 0.05) is 0 Å². The SMILES string of the molecule is CC(C)OCN(C(=O)CO)c1c(C(C)C)cccc1C(C)C. The third-order valence-corrected chi connectivity index (χ3v) is 3.59. The fourth-order valence-corrected chi connectivity index (χ4v) is 2.39. The van der Waals surface area contributed by atoms with Crippen molar-refractivity contribution in [3.05, 3.63) is 29.3 Å². The highest BCUT2D eigenvalue weighted by atomic mass is 16.5. The van der Waals surface area contributed by atoms with Crippen LogP contribution in [0.25, 0.3) is 0 Å². The first-order valence-corrected chi connectivity index (χ1v) is 7.95. The summed E-state index contributed by atoms with van der Waals surface area (Å²) in [5, 5.41) is 9.34. The molecule has 1 rings (SSSR count). The number of amides is 1. The number of ether oxygens (including phenoxy) is 1. The first-order valence-electron chi connectivity index (χ1n) is 7.95. The Hall–Kier alpha value is -1.39. The molecule has 4 nitrogen and oxygen atoms in total. The van der Waals surface area contributed by atoms with Gasteiger partial charge in [0.05, 0.1) is 11.8 Å². The van der Waals surface area contributed by atoms with Crippen LogP contribution in [0.2, 0.25) is 0 Å². The molecule has 1 aromatic carbocycles. The number of rotatable bonds is 7. The van der Waals surface area contributed by atoms with E-state index in [1.165, 1.54) is 0 Å². The average molecular weight is 307 g/mol. The molecule has 0 saturated heterocycles. The predicted octanol–water partition coefficient (Wildman–Crippen LogP) is 3.64. The minimum absolute atomic E-state index is 0.0164. The van der Waals surface area contributed by atoms with Crippen molar-refractivity contribution >= 4 is 11.6 Å². The minimum Gasteiger partial charge on any atom is -0.387 e. The molecule has 0 saturated carbocycles. The quantitative estimate of drug-likeness (QED) is 0.782. The number of benzene rings is 1. The smallest absolute Gasteiger partial charge is 0.254 e. The summed E-state index contributed by atoms with van der Waals surface area (Å²) in [4.78, 5) is 13.8. The van der Waals surface area contributed by atoms with Crippen LogP contribution >= 0.6 is 0 Å². The van der Waals surface area contributed by atoms with Crippen LogP contribution in [0.5, 0.6) is 0 Å². The summed E-state index contributed by atoms with van der Waals surface area (Å²) in [6.07, 6.45) is 0.0164. The molecular formula is C18H29NO3. The van der Waals surface area contributed by atoms with Crippen molar-refractivity contribution in [1.29, 1.82) is 0 Å². The number of aliphatic hydroxyl groups is 1. The zero-order valence-electron chi connectivity index (χ0n) is 14.6. The van der Waals surface area contributed by atoms with E-state index in [0.29, 0.717) is 0 Å². The number of anilines is 1. The van der Waals surface area contributed by atoms with Crippen LogP contribution in [0.15, 0.2) is 18.2 Å². The predicted molar refractivity (Wildman–Crippen MR) is 90.3 cm³/mol. The summed E-state index contributed by atoms with van der Waals surface area (Å²) in [5.41, 5.74) is 3.08. The minimum atomic E-state index is -0.522. The molecule has 0 aliphatic heterocycles. The van der Waals surface area contributed by atoms with Gasteiger partial charge in [0.1, 0.15) is 13.3 Å². The van der Waals surface area contributed by atoms with Gasteiger partial charge >= 0.3 is 0 Å². The molecule has 1 aromatic rings. The zero-order valence-corrected chi connectivity index (χ0v) is 14.6. The Balaban J connectivity index is 3.40. The molecule has 0 fully saturated rings. The zero-order chi connectivity index (χ0) is 16.9. The summed E-state index contributed by atoms with van der Waals surface area (Å²) in [6.45, 7) is 11.9. The van der Waals surface area contributed by atoms with E-state index in [1.807, 2.05) is 32.0 Å². The Bertz CT molecular complexity index is 469. The Morgan fingerprint density at radius 3 is 1.95 bits per heavy atom. The lowest BCUT2D eigenvalue weighted by molar-refractivity contribution is -0.122. The van der Waals surface area contributed by atoms with Gasteiger partial charge in [0.25, 0.3) is 5.91 Å². The maximum Gasteiger partial charge on any atom is 0.254 e. The highest BCUT2D eigenvalue weighted by Crippen LogP contribution is 2.35. The van der Waals surface area contributed by atoms with Crippen molar-refractivity contribution in [2.24, 2.45) is 0 Å². The van der Waals surface area contributed by atoms with Crippen molar-refractivity contribution in [1.82, 2.24) is 0 Å². The molecule has 4 heteroatoms. The van der Waals surface area contributed by atoms with Crippen LogP contribution < -0.4 is 4.90 Å². The van der Waals surface area contributed by atoms with Gasteiger partial charge in [0.15, 0.2) is 0 Å². The molecular weight excluding hydrogens is 278 g/mol. The van der Waals surface area contributed by atoms with E-state index >= 15 is 0 Å². The fourth-order valence-electron chi connectivity index (χ4n) is 2.39. The summed E-state index contributed by atoms with van der Waals surface area (Å²) in [7, 11) is 0. The molecule has 1 N–H and O–H groups in total. The largest absolute Gasteiger partial charge is 0.387 e. The molecule has 0 heterocycles. The van der Waals surface area contributed by atoms with Gasteiger partial charge in [-0.05, 0) is 36.8 Å². The van der Waals surface area contributed by atoms with Crippen molar-refractivity contribution in [2.45, 2.75) is 59.5 Å². The molecule has 0 aliphatic carbocycles. The normalized spacial score (nSPS) is 11.5. The number of carbonyl (C=O) groups excluding carboxylic acids is 1. The third kappa shape index (κ3) is 4.55. The molecule has 1 amide bonds. The lowest BCUT2D eigenvalue weighted by Gasteiger charge is -2.30. The van der Waals surface area contributed by atoms with Gasteiger partial charge in [0.2, 0.25) is 0 Å². The van der Waals surface area contributed by atoms with E-state index in [-0.39, 0.29) is 30.6 Å². The van der Waals surface area contributed by atoms with Crippen LogP contribution in [-0.2, 0) is 9.53 Å². The van der Waals surface area contributed by atoms with Gasteiger partial charge < -0.3 is 9.84 Å². The average Bonchev–Trinajstić information content (AvgIpc) is 2.46. The third-order valence-electron chi connectivity index (χ3n) is 3.59. The first kappa shape index (κ1) is 18.7. The van der Waals surface area contributed by atoms with Crippen LogP contribution in [0.1, 0.15) is 64.5 Å². The lowest BCUT2D eigenvalue weighted by atomic mass is 9.92. The summed E-state index contributed by atoms with van der Waals surface area (Å²) < 4.78 is 5.64. The highest BCUT2D eigenvalue weighted by molar-refractivity contribution is 5.95. The van der Waals surface area contributed by atoms with Crippen molar-refractivity contribution in [3.8, 4) is 0 Å². The Morgan fingerprint density at radius 1 is 1.09 bits per heavy atom. The van der Waals surface area contributed by atoms with E-state index in [9.17, 15) is 9.90 Å². The van der Waals surface area contributed by atoms with Crippen LogP contribution in [0.3, 0.4) is 0 Å². The van der Waals surface area contributed by atoms with E-state index in [1.54, 1.807) is 4.90 Å². The molecule has 0 bridgehead atoms. The van der Waals surface area contributed by atoms with E-state index < -0.39 is 6.61 Å². The Kier molecular flexibility index (Phi) is 7.04. The van der Waals surface area contributed by atoms with Crippen molar-refractivity contribution in [3.63, 3.8) is 0 Å². The molecule has 0 radical (unpaired) electrons. The monoisotopic (exact) mass is 307 g/mol. The first-order chi connectivity index (χ1) is 10.3. The van der Waals surface area contributed by atoms with E-state index in [0.717, 1.165) is 16.8 Å². The summed E-state index contributed by atoms with van der Waals surface area (Å²) >= 11 is 0. The second-order valence-electron chi connectivity index (χ2n) is 6.42. The number of carbonyl (C=O) groups is 1. The number of para-hydroxylation sites is 1. The number of nitrogens with zero attached hydrogens (tertiary/aromatic N) is 1. The van der Waals surface area contributed by atoms with Crippen LogP contribution in [0.4, 0.5) is 5.69 Å². The topological polar surface area (TPSA) is 49.8 Å². The van der Waals surface area contributed by atoms with E-state index in [2.05, 4.69) is 27.7 Å². The van der Waals surface area contributed by atoms with E-state index in [4.69, 9.17) is 4.74 Å². The summed E-state index contributed by atoms with van der Waals surface area (Å²) in [5.74, 6) is 0.221. The maximum absolute atomic E-state index is 12.3. The van der Waals surface area contributed by atoms with Crippen molar-refractivity contribution in [2.75, 3.05) is 18.2 Å². The standard InChI is InChI=1S/C18H29NO3/c1-12(2)15-8-7-9-16(13(3)4)18(15)19(17(21)10-20)11-22-14(5)6/h7-9,12-14,20H,10-11H2,1-6H3. The summed E-state index contributed by atoms with van der Waals surface area (Å²) in [6, 6.07) is 6.11. The molecule has 0 spiro atoms. The number of hydrogen-bond donors (Lipinski definition) is 1. The Morgan fingerprint density at radius 2 is 1.59 bits per heavy atom. The van der Waals surface area contributed by atoms with Gasteiger partial charge in [-0.25, -0.2) is 0 Å². The fraction of sp³-hybridized carbons (Fsp3) is 0.611. The van der Waals surface area contributed by atoms with Gasteiger partial charge in [-0.3, -0.25) is 9.69 Å². The lowest BCUT2D eigenvalue weighted by Crippen LogP contribution is -2.37. The molecule has 124 valence electrons. The molecule has 0 atom stereocenters. The molecule has 22 heavy (non-hydrogen) atoms. The highest BCUT2D eigenvalue weighted by Gasteiger charge is 2.24. The van der Waals surface area contributed by atoms with Gasteiger partial charge in [-0.15, -0.1) is 0 Å². The Labute approximate surface area is 134 Å². The molecule has 0 unspecified atom stereocenters.